The molecule has 0 aromatic rings. The monoisotopic (exact) mass is 380 g/mol. The highest BCUT2D eigenvalue weighted by atomic mass is 19.4. The standard InChI is InChI=1S/C17H30F6O2/c1-5-13(11-15(4,25)17(21,22)23)8-6-7-12(2)9-10-14(3,24)16(18,19)20/h12-13,24-25H,5-11H2,1-4H3/t12?,13?,14?,15-/m0/s1. The minimum Gasteiger partial charge on any atom is -0.381 e. The average Bonchev–Trinajstić information content (AvgIpc) is 2.41. The number of hydrogen-bond acceptors (Lipinski definition) is 2. The molecule has 4 atom stereocenters. The topological polar surface area (TPSA) is 40.5 Å². The summed E-state index contributed by atoms with van der Waals surface area (Å²) in [6.45, 7) is 5.02. The lowest BCUT2D eigenvalue weighted by atomic mass is 9.84. The maximum atomic E-state index is 12.7. The molecular formula is C17H30F6O2. The number of rotatable bonds is 10. The Bertz CT molecular complexity index is 388. The van der Waals surface area contributed by atoms with Gasteiger partial charge in [0.25, 0.3) is 0 Å². The molecule has 2 nitrogen and oxygen atoms in total. The van der Waals surface area contributed by atoms with Crippen LogP contribution in [-0.4, -0.2) is 33.8 Å². The first kappa shape index (κ1) is 24.5. The minimum atomic E-state index is -4.68. The van der Waals surface area contributed by atoms with Crippen LogP contribution in [-0.2, 0) is 0 Å². The number of halogens is 6. The highest BCUT2D eigenvalue weighted by molar-refractivity contribution is 4.84. The van der Waals surface area contributed by atoms with Crippen LogP contribution in [0.1, 0.15) is 72.6 Å². The van der Waals surface area contributed by atoms with Crippen molar-refractivity contribution in [1.82, 2.24) is 0 Å². The van der Waals surface area contributed by atoms with Gasteiger partial charge in [0.2, 0.25) is 0 Å². The van der Waals surface area contributed by atoms with Gasteiger partial charge in [-0.25, -0.2) is 0 Å². The van der Waals surface area contributed by atoms with Gasteiger partial charge in [0.15, 0.2) is 11.2 Å². The summed E-state index contributed by atoms with van der Waals surface area (Å²) >= 11 is 0. The molecule has 25 heavy (non-hydrogen) atoms. The Balaban J connectivity index is 4.32. The SMILES string of the molecule is CCC(CCCC(C)CCC(C)(O)C(F)(F)F)C[C@](C)(O)C(F)(F)F. The quantitative estimate of drug-likeness (QED) is 0.483. The molecule has 0 heterocycles. The van der Waals surface area contributed by atoms with Crippen molar-refractivity contribution < 1.29 is 36.6 Å². The Hall–Kier alpha value is -0.500. The van der Waals surface area contributed by atoms with E-state index in [1.165, 1.54) is 0 Å². The minimum absolute atomic E-state index is 0.0746. The lowest BCUT2D eigenvalue weighted by molar-refractivity contribution is -0.258. The summed E-state index contributed by atoms with van der Waals surface area (Å²) in [5.74, 6) is -0.378. The average molecular weight is 380 g/mol. The zero-order valence-electron chi connectivity index (χ0n) is 15.3. The molecule has 8 heteroatoms. The van der Waals surface area contributed by atoms with Crippen molar-refractivity contribution in [3.8, 4) is 0 Å². The van der Waals surface area contributed by atoms with E-state index in [1.54, 1.807) is 13.8 Å². The Kier molecular flexibility index (Phi) is 8.75. The van der Waals surface area contributed by atoms with E-state index in [-0.39, 0.29) is 24.7 Å². The predicted octanol–water partition coefficient (Wildman–Crippen LogP) is 5.62. The van der Waals surface area contributed by atoms with Crippen LogP contribution in [0.3, 0.4) is 0 Å². The molecule has 0 saturated carbocycles. The van der Waals surface area contributed by atoms with Crippen molar-refractivity contribution >= 4 is 0 Å². The van der Waals surface area contributed by atoms with Gasteiger partial charge in [-0.3, -0.25) is 0 Å². The first-order valence-electron chi connectivity index (χ1n) is 8.61. The van der Waals surface area contributed by atoms with E-state index in [2.05, 4.69) is 0 Å². The van der Waals surface area contributed by atoms with E-state index in [1.807, 2.05) is 0 Å². The van der Waals surface area contributed by atoms with Crippen LogP contribution < -0.4 is 0 Å². The van der Waals surface area contributed by atoms with E-state index >= 15 is 0 Å². The molecule has 0 saturated heterocycles. The molecular weight excluding hydrogens is 350 g/mol. The van der Waals surface area contributed by atoms with Crippen LogP contribution in [0.4, 0.5) is 26.3 Å². The molecule has 0 rings (SSSR count). The molecule has 0 radical (unpaired) electrons. The summed E-state index contributed by atoms with van der Waals surface area (Å²) in [7, 11) is 0. The van der Waals surface area contributed by atoms with E-state index in [4.69, 9.17) is 0 Å². The van der Waals surface area contributed by atoms with Gasteiger partial charge in [-0.1, -0.05) is 39.5 Å². The van der Waals surface area contributed by atoms with Crippen LogP contribution in [0.25, 0.3) is 0 Å². The van der Waals surface area contributed by atoms with Crippen molar-refractivity contribution in [1.29, 1.82) is 0 Å². The Morgan fingerprint density at radius 1 is 0.800 bits per heavy atom. The summed E-state index contributed by atoms with van der Waals surface area (Å²) in [4.78, 5) is 0. The van der Waals surface area contributed by atoms with Crippen molar-refractivity contribution in [3.63, 3.8) is 0 Å². The summed E-state index contributed by atoms with van der Waals surface area (Å²) in [6, 6.07) is 0. The predicted molar refractivity (Wildman–Crippen MR) is 84.0 cm³/mol. The summed E-state index contributed by atoms with van der Waals surface area (Å²) in [5, 5.41) is 18.9. The molecule has 3 unspecified atom stereocenters. The van der Waals surface area contributed by atoms with Crippen molar-refractivity contribution in [2.45, 2.75) is 96.2 Å². The molecule has 0 aliphatic heterocycles. The summed E-state index contributed by atoms with van der Waals surface area (Å²) in [6.07, 6.45) is -7.86. The third-order valence-electron chi connectivity index (χ3n) is 4.92. The molecule has 152 valence electrons. The first-order valence-corrected chi connectivity index (χ1v) is 8.61. The third kappa shape index (κ3) is 8.15. The highest BCUT2D eigenvalue weighted by Crippen LogP contribution is 2.38. The van der Waals surface area contributed by atoms with Gasteiger partial charge in [0.1, 0.15) is 0 Å². The lowest BCUT2D eigenvalue weighted by Crippen LogP contribution is -2.43. The van der Waals surface area contributed by atoms with E-state index in [0.717, 1.165) is 13.8 Å². The maximum Gasteiger partial charge on any atom is 0.416 e. The van der Waals surface area contributed by atoms with Crippen LogP contribution >= 0.6 is 0 Å². The van der Waals surface area contributed by atoms with Gasteiger partial charge in [-0.15, -0.1) is 0 Å². The molecule has 0 spiro atoms. The fraction of sp³-hybridized carbons (Fsp3) is 1.00. The molecule has 2 N–H and O–H groups in total. The van der Waals surface area contributed by atoms with Crippen LogP contribution in [0.2, 0.25) is 0 Å². The highest BCUT2D eigenvalue weighted by Gasteiger charge is 2.50. The zero-order valence-corrected chi connectivity index (χ0v) is 15.3. The second-order valence-corrected chi connectivity index (χ2v) is 7.60. The van der Waals surface area contributed by atoms with Gasteiger partial charge in [-0.2, -0.15) is 26.3 Å². The Labute approximate surface area is 145 Å². The van der Waals surface area contributed by atoms with E-state index < -0.39 is 30.0 Å². The normalized spacial score (nSPS) is 20.6. The van der Waals surface area contributed by atoms with Gasteiger partial charge in [-0.05, 0) is 44.9 Å². The van der Waals surface area contributed by atoms with Crippen molar-refractivity contribution in [3.05, 3.63) is 0 Å². The number of aliphatic hydroxyl groups is 2. The fourth-order valence-electron chi connectivity index (χ4n) is 2.70. The van der Waals surface area contributed by atoms with Gasteiger partial charge in [0, 0.05) is 0 Å². The molecule has 0 bridgehead atoms. The van der Waals surface area contributed by atoms with E-state index in [9.17, 15) is 36.6 Å². The molecule has 0 fully saturated rings. The second-order valence-electron chi connectivity index (χ2n) is 7.60. The molecule has 0 aliphatic carbocycles. The van der Waals surface area contributed by atoms with Crippen molar-refractivity contribution in [2.24, 2.45) is 11.8 Å². The smallest absolute Gasteiger partial charge is 0.381 e. The zero-order chi connectivity index (χ0) is 20.1. The number of hydrogen-bond donors (Lipinski definition) is 2. The molecule has 0 aromatic carbocycles. The molecule has 0 aliphatic rings. The van der Waals surface area contributed by atoms with Gasteiger partial charge < -0.3 is 10.2 Å². The Morgan fingerprint density at radius 3 is 1.68 bits per heavy atom. The molecule has 0 aromatic heterocycles. The first-order chi connectivity index (χ1) is 11.0. The maximum absolute atomic E-state index is 12.7. The summed E-state index contributed by atoms with van der Waals surface area (Å²) in [5.41, 5.74) is -5.46. The van der Waals surface area contributed by atoms with Gasteiger partial charge >= 0.3 is 12.4 Å². The molecule has 0 amide bonds. The van der Waals surface area contributed by atoms with Gasteiger partial charge in [0.05, 0.1) is 0 Å². The number of alkyl halides is 6. The van der Waals surface area contributed by atoms with Crippen molar-refractivity contribution in [2.75, 3.05) is 0 Å². The van der Waals surface area contributed by atoms with E-state index in [0.29, 0.717) is 25.7 Å². The summed E-state index contributed by atoms with van der Waals surface area (Å²) < 4.78 is 75.9. The largest absolute Gasteiger partial charge is 0.416 e. The second kappa shape index (κ2) is 8.93. The lowest BCUT2D eigenvalue weighted by Gasteiger charge is -2.30. The Morgan fingerprint density at radius 2 is 1.28 bits per heavy atom. The third-order valence-corrected chi connectivity index (χ3v) is 4.92. The van der Waals surface area contributed by atoms with Crippen LogP contribution in [0.15, 0.2) is 0 Å². The fourth-order valence-corrected chi connectivity index (χ4v) is 2.70. The van der Waals surface area contributed by atoms with Crippen LogP contribution in [0, 0.1) is 11.8 Å². The van der Waals surface area contributed by atoms with Crippen LogP contribution in [0.5, 0.6) is 0 Å².